The minimum absolute atomic E-state index is 0.0916. The van der Waals surface area contributed by atoms with Crippen molar-refractivity contribution in [1.29, 1.82) is 0 Å². The van der Waals surface area contributed by atoms with Gasteiger partial charge in [0.05, 0.1) is 11.0 Å². The topological polar surface area (TPSA) is 92.5 Å². The van der Waals surface area contributed by atoms with E-state index in [9.17, 15) is 24.1 Å². The molecule has 2 rings (SSSR count). The second kappa shape index (κ2) is 5.64. The Labute approximate surface area is 113 Å². The van der Waals surface area contributed by atoms with Crippen LogP contribution < -0.4 is 5.32 Å². The van der Waals surface area contributed by atoms with E-state index in [0.717, 1.165) is 18.2 Å². The first-order chi connectivity index (χ1) is 9.47. The number of amides is 2. The van der Waals surface area contributed by atoms with Crippen molar-refractivity contribution in [2.24, 2.45) is 0 Å². The first-order valence-corrected chi connectivity index (χ1v) is 5.98. The van der Waals surface area contributed by atoms with Gasteiger partial charge in [0, 0.05) is 37.7 Å². The van der Waals surface area contributed by atoms with Crippen molar-refractivity contribution in [2.45, 2.75) is 6.42 Å². The molecule has 1 heterocycles. The Kier molecular flexibility index (Phi) is 3.92. The number of benzene rings is 1. The molecule has 0 unspecified atom stereocenters. The quantitative estimate of drug-likeness (QED) is 0.637. The fraction of sp³-hybridized carbons (Fsp3) is 0.333. The third-order valence-electron chi connectivity index (χ3n) is 2.94. The molecule has 1 fully saturated rings. The number of carbonyl (C=O) groups is 2. The number of halogens is 1. The predicted molar refractivity (Wildman–Crippen MR) is 66.6 cm³/mol. The van der Waals surface area contributed by atoms with Gasteiger partial charge in [0.25, 0.3) is 11.6 Å². The van der Waals surface area contributed by atoms with Crippen LogP contribution in [-0.4, -0.2) is 41.3 Å². The van der Waals surface area contributed by atoms with Gasteiger partial charge in [-0.15, -0.1) is 0 Å². The van der Waals surface area contributed by atoms with Gasteiger partial charge in [0.2, 0.25) is 5.91 Å². The standard InChI is InChI=1S/C12H12FN3O4/c13-9-5-8(6-10(7-9)16(19)20)12(18)15-3-1-11(17)14-2-4-15/h5-7H,1-4H2,(H,14,17). The number of nitro benzene ring substituents is 1. The van der Waals surface area contributed by atoms with Gasteiger partial charge in [-0.05, 0) is 6.07 Å². The third kappa shape index (κ3) is 3.08. The molecule has 0 spiro atoms. The van der Waals surface area contributed by atoms with Gasteiger partial charge in [-0.25, -0.2) is 4.39 Å². The molecule has 106 valence electrons. The van der Waals surface area contributed by atoms with Crippen molar-refractivity contribution in [1.82, 2.24) is 10.2 Å². The minimum Gasteiger partial charge on any atom is -0.354 e. The van der Waals surface area contributed by atoms with E-state index in [-0.39, 0.29) is 31.0 Å². The zero-order valence-electron chi connectivity index (χ0n) is 10.5. The van der Waals surface area contributed by atoms with Crippen LogP contribution in [0.4, 0.5) is 10.1 Å². The summed E-state index contributed by atoms with van der Waals surface area (Å²) in [6.07, 6.45) is 0.156. The summed E-state index contributed by atoms with van der Waals surface area (Å²) in [5.41, 5.74) is -0.566. The molecule has 0 atom stereocenters. The largest absolute Gasteiger partial charge is 0.354 e. The molecule has 0 radical (unpaired) electrons. The number of nitrogens with one attached hydrogen (secondary N) is 1. The molecule has 0 saturated carbocycles. The SMILES string of the molecule is O=C1CCN(C(=O)c2cc(F)cc([N+](=O)[O-])c2)CCN1. The van der Waals surface area contributed by atoms with E-state index < -0.39 is 22.3 Å². The van der Waals surface area contributed by atoms with E-state index in [1.165, 1.54) is 4.90 Å². The van der Waals surface area contributed by atoms with Crippen LogP contribution in [0.15, 0.2) is 18.2 Å². The summed E-state index contributed by atoms with van der Waals surface area (Å²) in [6, 6.07) is 2.74. The number of hydrogen-bond acceptors (Lipinski definition) is 4. The van der Waals surface area contributed by atoms with Crippen LogP contribution in [0.1, 0.15) is 16.8 Å². The van der Waals surface area contributed by atoms with Crippen molar-refractivity contribution < 1.29 is 18.9 Å². The normalized spacial score (nSPS) is 15.4. The number of carbonyl (C=O) groups excluding carboxylic acids is 2. The molecule has 1 aliphatic rings. The summed E-state index contributed by atoms with van der Waals surface area (Å²) in [7, 11) is 0. The van der Waals surface area contributed by atoms with E-state index in [0.29, 0.717) is 6.54 Å². The number of nitro groups is 1. The molecule has 0 bridgehead atoms. The molecule has 1 saturated heterocycles. The first kappa shape index (κ1) is 13.9. The lowest BCUT2D eigenvalue weighted by molar-refractivity contribution is -0.385. The molecule has 1 aromatic carbocycles. The molecule has 1 aromatic rings. The van der Waals surface area contributed by atoms with Crippen LogP contribution in [-0.2, 0) is 4.79 Å². The molecule has 1 N–H and O–H groups in total. The van der Waals surface area contributed by atoms with Gasteiger partial charge < -0.3 is 10.2 Å². The molecule has 1 aliphatic heterocycles. The van der Waals surface area contributed by atoms with E-state index in [1.54, 1.807) is 0 Å². The smallest absolute Gasteiger partial charge is 0.273 e. The minimum atomic E-state index is -0.841. The second-order valence-electron chi connectivity index (χ2n) is 4.35. The van der Waals surface area contributed by atoms with Gasteiger partial charge in [-0.3, -0.25) is 19.7 Å². The Morgan fingerprint density at radius 3 is 2.80 bits per heavy atom. The molecule has 2 amide bonds. The maximum atomic E-state index is 13.3. The van der Waals surface area contributed by atoms with Crippen molar-refractivity contribution in [3.63, 3.8) is 0 Å². The molecule has 0 aromatic heterocycles. The Hall–Kier alpha value is -2.51. The first-order valence-electron chi connectivity index (χ1n) is 5.98. The fourth-order valence-electron chi connectivity index (χ4n) is 1.96. The summed E-state index contributed by atoms with van der Waals surface area (Å²) in [5, 5.41) is 13.3. The lowest BCUT2D eigenvalue weighted by atomic mass is 10.1. The fourth-order valence-corrected chi connectivity index (χ4v) is 1.96. The lowest BCUT2D eigenvalue weighted by Crippen LogP contribution is -2.34. The Balaban J connectivity index is 2.24. The third-order valence-corrected chi connectivity index (χ3v) is 2.94. The maximum absolute atomic E-state index is 13.3. The molecular formula is C12H12FN3O4. The number of rotatable bonds is 2. The van der Waals surface area contributed by atoms with Crippen LogP contribution in [0.5, 0.6) is 0 Å². The van der Waals surface area contributed by atoms with Crippen LogP contribution in [0.2, 0.25) is 0 Å². The molecular weight excluding hydrogens is 269 g/mol. The summed E-state index contributed by atoms with van der Waals surface area (Å²) in [4.78, 5) is 34.6. The average Bonchev–Trinajstić information content (AvgIpc) is 2.62. The Morgan fingerprint density at radius 1 is 1.35 bits per heavy atom. The summed E-state index contributed by atoms with van der Waals surface area (Å²) in [5.74, 6) is -1.53. The van der Waals surface area contributed by atoms with Crippen molar-refractivity contribution in [3.8, 4) is 0 Å². The maximum Gasteiger partial charge on any atom is 0.273 e. The highest BCUT2D eigenvalue weighted by molar-refractivity contribution is 5.95. The number of hydrogen-bond donors (Lipinski definition) is 1. The zero-order valence-corrected chi connectivity index (χ0v) is 10.5. The van der Waals surface area contributed by atoms with E-state index >= 15 is 0 Å². The second-order valence-corrected chi connectivity index (χ2v) is 4.35. The van der Waals surface area contributed by atoms with Crippen molar-refractivity contribution >= 4 is 17.5 Å². The highest BCUT2D eigenvalue weighted by atomic mass is 19.1. The van der Waals surface area contributed by atoms with Crippen LogP contribution in [0.3, 0.4) is 0 Å². The summed E-state index contributed by atoms with van der Waals surface area (Å²) in [6.45, 7) is 0.797. The van der Waals surface area contributed by atoms with Gasteiger partial charge in [-0.1, -0.05) is 0 Å². The molecule has 7 nitrogen and oxygen atoms in total. The van der Waals surface area contributed by atoms with Crippen molar-refractivity contribution in [2.75, 3.05) is 19.6 Å². The molecule has 8 heteroatoms. The number of nitrogens with zero attached hydrogens (tertiary/aromatic N) is 2. The Morgan fingerprint density at radius 2 is 2.10 bits per heavy atom. The van der Waals surface area contributed by atoms with Gasteiger partial charge in [-0.2, -0.15) is 0 Å². The van der Waals surface area contributed by atoms with Gasteiger partial charge in [0.15, 0.2) is 0 Å². The van der Waals surface area contributed by atoms with Gasteiger partial charge >= 0.3 is 0 Å². The zero-order chi connectivity index (χ0) is 14.7. The Bertz CT molecular complexity index is 576. The highest BCUT2D eigenvalue weighted by Gasteiger charge is 2.22. The summed E-state index contributed by atoms with van der Waals surface area (Å²) >= 11 is 0. The van der Waals surface area contributed by atoms with E-state index in [2.05, 4.69) is 5.32 Å². The van der Waals surface area contributed by atoms with Crippen LogP contribution in [0.25, 0.3) is 0 Å². The van der Waals surface area contributed by atoms with E-state index in [4.69, 9.17) is 0 Å². The van der Waals surface area contributed by atoms with E-state index in [1.807, 2.05) is 0 Å². The van der Waals surface area contributed by atoms with Crippen molar-refractivity contribution in [3.05, 3.63) is 39.7 Å². The molecule has 20 heavy (non-hydrogen) atoms. The average molecular weight is 281 g/mol. The monoisotopic (exact) mass is 281 g/mol. The molecule has 0 aliphatic carbocycles. The number of non-ortho nitro benzene ring substituents is 1. The lowest BCUT2D eigenvalue weighted by Gasteiger charge is -2.19. The highest BCUT2D eigenvalue weighted by Crippen LogP contribution is 2.18. The van der Waals surface area contributed by atoms with Crippen LogP contribution in [0, 0.1) is 15.9 Å². The summed E-state index contributed by atoms with van der Waals surface area (Å²) < 4.78 is 13.3. The van der Waals surface area contributed by atoms with Gasteiger partial charge in [0.1, 0.15) is 5.82 Å². The van der Waals surface area contributed by atoms with Crippen LogP contribution >= 0.6 is 0 Å². The predicted octanol–water partition coefficient (Wildman–Crippen LogP) is 0.696.